The third-order valence-corrected chi connectivity index (χ3v) is 5.22. The molecule has 0 aromatic carbocycles. The van der Waals surface area contributed by atoms with Gasteiger partial charge in [-0.3, -0.25) is 14.7 Å². The minimum absolute atomic E-state index is 0.00563. The van der Waals surface area contributed by atoms with E-state index in [2.05, 4.69) is 27.4 Å². The van der Waals surface area contributed by atoms with Crippen molar-refractivity contribution in [2.75, 3.05) is 13.6 Å². The highest BCUT2D eigenvalue weighted by Gasteiger charge is 2.30. The fourth-order valence-corrected chi connectivity index (χ4v) is 3.91. The van der Waals surface area contributed by atoms with Gasteiger partial charge in [-0.25, -0.2) is 0 Å². The molecule has 0 unspecified atom stereocenters. The fourth-order valence-electron chi connectivity index (χ4n) is 3.15. The van der Waals surface area contributed by atoms with E-state index in [-0.39, 0.29) is 11.9 Å². The van der Waals surface area contributed by atoms with Gasteiger partial charge in [0.25, 0.3) is 0 Å². The van der Waals surface area contributed by atoms with Crippen LogP contribution in [0.3, 0.4) is 0 Å². The number of hydrogen-bond acceptors (Lipinski definition) is 4. The number of thiophene rings is 1. The first kappa shape index (κ1) is 16.1. The highest BCUT2D eigenvalue weighted by Crippen LogP contribution is 2.22. The first-order valence-electron chi connectivity index (χ1n) is 8.14. The highest BCUT2D eigenvalue weighted by molar-refractivity contribution is 7.09. The van der Waals surface area contributed by atoms with Crippen LogP contribution in [0, 0.1) is 0 Å². The average Bonchev–Trinajstić information content (AvgIpc) is 3.08. The minimum atomic E-state index is -0.00563. The van der Waals surface area contributed by atoms with Gasteiger partial charge in [0.15, 0.2) is 0 Å². The van der Waals surface area contributed by atoms with E-state index >= 15 is 0 Å². The maximum Gasteiger partial charge on any atom is 0.240 e. The van der Waals surface area contributed by atoms with Crippen molar-refractivity contribution in [2.24, 2.45) is 0 Å². The predicted octanol–water partition coefficient (Wildman–Crippen LogP) is 3.16. The van der Waals surface area contributed by atoms with Gasteiger partial charge in [0.1, 0.15) is 0 Å². The van der Waals surface area contributed by atoms with E-state index in [1.165, 1.54) is 16.9 Å². The molecule has 1 fully saturated rings. The number of piperidine rings is 1. The summed E-state index contributed by atoms with van der Waals surface area (Å²) in [6, 6.07) is 8.15. The van der Waals surface area contributed by atoms with Crippen LogP contribution in [0.25, 0.3) is 0 Å². The Morgan fingerprint density at radius 1 is 1.39 bits per heavy atom. The Bertz CT molecular complexity index is 614. The molecule has 1 amide bonds. The van der Waals surface area contributed by atoms with Crippen molar-refractivity contribution in [3.05, 3.63) is 52.5 Å². The number of rotatable bonds is 5. The Hall–Kier alpha value is -1.72. The third kappa shape index (κ3) is 4.18. The lowest BCUT2D eigenvalue weighted by Gasteiger charge is -2.36. The molecule has 0 bridgehead atoms. The van der Waals surface area contributed by atoms with Crippen molar-refractivity contribution in [1.82, 2.24) is 14.8 Å². The normalized spacial score (nSPS) is 18.7. The average molecular weight is 329 g/mol. The van der Waals surface area contributed by atoms with Gasteiger partial charge in [0.2, 0.25) is 5.91 Å². The van der Waals surface area contributed by atoms with Gasteiger partial charge in [-0.2, -0.15) is 0 Å². The van der Waals surface area contributed by atoms with Crippen LogP contribution in [0.5, 0.6) is 0 Å². The SMILES string of the molecule is CN(Cc1cccs1)C(=O)[C@@H]1CCCCN1Cc1cccnc1. The minimum Gasteiger partial charge on any atom is -0.339 e. The monoisotopic (exact) mass is 329 g/mol. The number of amides is 1. The zero-order valence-corrected chi connectivity index (χ0v) is 14.3. The van der Waals surface area contributed by atoms with Gasteiger partial charge in [-0.15, -0.1) is 11.3 Å². The molecule has 5 heteroatoms. The number of pyridine rings is 1. The Morgan fingerprint density at radius 3 is 3.04 bits per heavy atom. The van der Waals surface area contributed by atoms with Crippen molar-refractivity contribution < 1.29 is 4.79 Å². The first-order valence-corrected chi connectivity index (χ1v) is 9.02. The first-order chi connectivity index (χ1) is 11.2. The molecular weight excluding hydrogens is 306 g/mol. The second kappa shape index (κ2) is 7.70. The number of nitrogens with zero attached hydrogens (tertiary/aromatic N) is 3. The number of hydrogen-bond donors (Lipinski definition) is 0. The largest absolute Gasteiger partial charge is 0.339 e. The van der Waals surface area contributed by atoms with Crippen molar-refractivity contribution >= 4 is 17.2 Å². The standard InChI is InChI=1S/C18H23N3OS/c1-20(14-16-7-5-11-23-16)18(22)17-8-2-3-10-21(17)13-15-6-4-9-19-12-15/h4-7,9,11-12,17H,2-3,8,10,13-14H2,1H3/t17-/m0/s1. The molecule has 1 aliphatic rings. The summed E-state index contributed by atoms with van der Waals surface area (Å²) in [7, 11) is 1.92. The summed E-state index contributed by atoms with van der Waals surface area (Å²) < 4.78 is 0. The Morgan fingerprint density at radius 2 is 2.30 bits per heavy atom. The van der Waals surface area contributed by atoms with Gasteiger partial charge < -0.3 is 4.90 Å². The summed E-state index contributed by atoms with van der Waals surface area (Å²) in [5, 5.41) is 2.06. The molecule has 1 atom stereocenters. The summed E-state index contributed by atoms with van der Waals surface area (Å²) in [5.74, 6) is 0.238. The lowest BCUT2D eigenvalue weighted by atomic mass is 10.00. The lowest BCUT2D eigenvalue weighted by molar-refractivity contribution is -0.137. The summed E-state index contributed by atoms with van der Waals surface area (Å²) in [5.41, 5.74) is 1.17. The maximum absolute atomic E-state index is 12.9. The molecule has 4 nitrogen and oxygen atoms in total. The molecule has 122 valence electrons. The second-order valence-electron chi connectivity index (χ2n) is 6.12. The number of likely N-dealkylation sites (N-methyl/N-ethyl adjacent to an activating group) is 1. The third-order valence-electron chi connectivity index (χ3n) is 4.36. The Kier molecular flexibility index (Phi) is 5.41. The molecule has 1 saturated heterocycles. The number of aromatic nitrogens is 1. The molecule has 1 aliphatic heterocycles. The van der Waals surface area contributed by atoms with E-state index in [9.17, 15) is 4.79 Å². The number of carbonyl (C=O) groups excluding carboxylic acids is 1. The van der Waals surface area contributed by atoms with E-state index in [4.69, 9.17) is 0 Å². The van der Waals surface area contributed by atoms with Crippen molar-refractivity contribution in [2.45, 2.75) is 38.4 Å². The molecular formula is C18H23N3OS. The predicted molar refractivity (Wildman–Crippen MR) is 93.1 cm³/mol. The Balaban J connectivity index is 1.66. The van der Waals surface area contributed by atoms with Crippen LogP contribution in [0.1, 0.15) is 29.7 Å². The summed E-state index contributed by atoms with van der Waals surface area (Å²) in [4.78, 5) is 22.5. The molecule has 0 aliphatic carbocycles. The zero-order valence-electron chi connectivity index (χ0n) is 13.5. The molecule has 2 aromatic rings. The van der Waals surface area contributed by atoms with Crippen LogP contribution in [-0.4, -0.2) is 40.3 Å². The molecule has 0 N–H and O–H groups in total. The molecule has 3 heterocycles. The summed E-state index contributed by atoms with van der Waals surface area (Å²) in [6.45, 7) is 2.49. The van der Waals surface area contributed by atoms with E-state index in [1.807, 2.05) is 30.3 Å². The molecule has 0 saturated carbocycles. The number of carbonyl (C=O) groups is 1. The van der Waals surface area contributed by atoms with Gasteiger partial charge in [-0.05, 0) is 42.5 Å². The van der Waals surface area contributed by atoms with Gasteiger partial charge in [0, 0.05) is 30.9 Å². The summed E-state index contributed by atoms with van der Waals surface area (Å²) in [6.07, 6.45) is 6.93. The smallest absolute Gasteiger partial charge is 0.240 e. The van der Waals surface area contributed by atoms with Crippen LogP contribution in [0.4, 0.5) is 0 Å². The van der Waals surface area contributed by atoms with Crippen molar-refractivity contribution in [3.63, 3.8) is 0 Å². The zero-order chi connectivity index (χ0) is 16.1. The quantitative estimate of drug-likeness (QED) is 0.845. The van der Waals surface area contributed by atoms with Crippen molar-refractivity contribution in [3.8, 4) is 0 Å². The van der Waals surface area contributed by atoms with E-state index in [1.54, 1.807) is 17.5 Å². The summed E-state index contributed by atoms with van der Waals surface area (Å²) >= 11 is 1.70. The highest BCUT2D eigenvalue weighted by atomic mass is 32.1. The van der Waals surface area contributed by atoms with E-state index < -0.39 is 0 Å². The van der Waals surface area contributed by atoms with Crippen molar-refractivity contribution in [1.29, 1.82) is 0 Å². The van der Waals surface area contributed by atoms with Crippen LogP contribution in [0.2, 0.25) is 0 Å². The number of likely N-dealkylation sites (tertiary alicyclic amines) is 1. The van der Waals surface area contributed by atoms with E-state index in [0.717, 1.165) is 25.9 Å². The topological polar surface area (TPSA) is 36.4 Å². The second-order valence-corrected chi connectivity index (χ2v) is 7.15. The molecule has 0 spiro atoms. The van der Waals surface area contributed by atoms with Gasteiger partial charge in [-0.1, -0.05) is 18.6 Å². The molecule has 2 aromatic heterocycles. The maximum atomic E-state index is 12.9. The molecule has 3 rings (SSSR count). The van der Waals surface area contributed by atoms with Crippen LogP contribution in [0.15, 0.2) is 42.0 Å². The van der Waals surface area contributed by atoms with E-state index in [0.29, 0.717) is 6.54 Å². The van der Waals surface area contributed by atoms with Crippen LogP contribution >= 0.6 is 11.3 Å². The molecule has 23 heavy (non-hydrogen) atoms. The van der Waals surface area contributed by atoms with Gasteiger partial charge in [0.05, 0.1) is 12.6 Å². The van der Waals surface area contributed by atoms with Gasteiger partial charge >= 0.3 is 0 Å². The van der Waals surface area contributed by atoms with Crippen LogP contribution < -0.4 is 0 Å². The Labute approximate surface area is 141 Å². The molecule has 0 radical (unpaired) electrons. The fraction of sp³-hybridized carbons (Fsp3) is 0.444. The lowest BCUT2D eigenvalue weighted by Crippen LogP contribution is -2.49. The van der Waals surface area contributed by atoms with Crippen LogP contribution in [-0.2, 0) is 17.9 Å².